The Balaban J connectivity index is 3.31. The minimum absolute atomic E-state index is 0.321. The van der Waals surface area contributed by atoms with Crippen molar-refractivity contribution in [3.8, 4) is 0 Å². The van der Waals surface area contributed by atoms with E-state index in [2.05, 4.69) is 4.98 Å². The van der Waals surface area contributed by atoms with E-state index in [1.807, 2.05) is 22.6 Å². The van der Waals surface area contributed by atoms with Crippen LogP contribution in [-0.2, 0) is 0 Å². The second kappa shape index (κ2) is 3.51. The van der Waals surface area contributed by atoms with Crippen LogP contribution < -0.4 is 5.43 Å². The topological polar surface area (TPSA) is 32.9 Å². The van der Waals surface area contributed by atoms with E-state index in [1.54, 1.807) is 6.92 Å². The van der Waals surface area contributed by atoms with Gasteiger partial charge in [-0.05, 0) is 29.5 Å². The maximum atomic E-state index is 12.1. The van der Waals surface area contributed by atoms with E-state index in [-0.39, 0.29) is 11.1 Å². The summed E-state index contributed by atoms with van der Waals surface area (Å²) in [5, 5.41) is 0. The molecule has 0 amide bonds. The summed E-state index contributed by atoms with van der Waals surface area (Å²) in [6.07, 6.45) is -2.62. The van der Waals surface area contributed by atoms with Crippen molar-refractivity contribution in [1.82, 2.24) is 4.98 Å². The van der Waals surface area contributed by atoms with Gasteiger partial charge in [0.1, 0.15) is 0 Å². The summed E-state index contributed by atoms with van der Waals surface area (Å²) in [5.74, 6) is 0. The summed E-state index contributed by atoms with van der Waals surface area (Å²) in [5.41, 5.74) is -0.196. The van der Waals surface area contributed by atoms with Crippen LogP contribution in [0.25, 0.3) is 0 Å². The summed E-state index contributed by atoms with van der Waals surface area (Å²) < 4.78 is 24.6. The molecule has 0 fully saturated rings. The summed E-state index contributed by atoms with van der Waals surface area (Å²) >= 11 is 1.82. The molecule has 1 heterocycles. The molecule has 0 saturated heterocycles. The van der Waals surface area contributed by atoms with Crippen LogP contribution in [0.3, 0.4) is 0 Å². The van der Waals surface area contributed by atoms with Crippen molar-refractivity contribution in [2.45, 2.75) is 13.3 Å². The van der Waals surface area contributed by atoms with E-state index >= 15 is 0 Å². The first-order valence-corrected chi connectivity index (χ1v) is 4.27. The summed E-state index contributed by atoms with van der Waals surface area (Å²) in [6, 6.07) is 0.930. The quantitative estimate of drug-likeness (QED) is 0.788. The van der Waals surface area contributed by atoms with Crippen molar-refractivity contribution in [3.05, 3.63) is 31.2 Å². The number of aromatic nitrogens is 1. The monoisotopic (exact) mass is 285 g/mol. The number of halogens is 3. The Morgan fingerprint density at radius 1 is 1.58 bits per heavy atom. The van der Waals surface area contributed by atoms with Crippen molar-refractivity contribution >= 4 is 22.6 Å². The van der Waals surface area contributed by atoms with Crippen LogP contribution in [0.5, 0.6) is 0 Å². The second-order valence-corrected chi connectivity index (χ2v) is 3.41. The Morgan fingerprint density at radius 2 is 2.17 bits per heavy atom. The van der Waals surface area contributed by atoms with E-state index in [0.29, 0.717) is 9.26 Å². The number of nitrogens with one attached hydrogen (secondary N) is 1. The minimum atomic E-state index is -2.62. The number of pyridine rings is 1. The number of hydrogen-bond acceptors (Lipinski definition) is 1. The molecule has 0 saturated carbocycles. The van der Waals surface area contributed by atoms with Crippen molar-refractivity contribution in [2.75, 3.05) is 0 Å². The highest BCUT2D eigenvalue weighted by Crippen LogP contribution is 2.15. The maximum absolute atomic E-state index is 12.1. The molecule has 0 radical (unpaired) electrons. The fourth-order valence-corrected chi connectivity index (χ4v) is 1.10. The Kier molecular flexibility index (Phi) is 2.81. The Bertz CT molecular complexity index is 348. The van der Waals surface area contributed by atoms with E-state index in [0.717, 1.165) is 6.07 Å². The normalized spacial score (nSPS) is 10.8. The molecule has 1 aromatic rings. The number of rotatable bonds is 1. The molecule has 1 aromatic heterocycles. The van der Waals surface area contributed by atoms with E-state index in [1.165, 1.54) is 0 Å². The zero-order chi connectivity index (χ0) is 9.30. The lowest BCUT2D eigenvalue weighted by atomic mass is 10.3. The van der Waals surface area contributed by atoms with Gasteiger partial charge in [-0.2, -0.15) is 0 Å². The first-order valence-electron chi connectivity index (χ1n) is 3.20. The molecule has 0 aliphatic heterocycles. The van der Waals surface area contributed by atoms with Gasteiger partial charge in [0.25, 0.3) is 6.43 Å². The van der Waals surface area contributed by atoms with Crippen LogP contribution >= 0.6 is 22.6 Å². The van der Waals surface area contributed by atoms with Gasteiger partial charge in [-0.25, -0.2) is 8.78 Å². The highest BCUT2D eigenvalue weighted by Gasteiger charge is 2.10. The average Bonchev–Trinajstić information content (AvgIpc) is 1.99. The van der Waals surface area contributed by atoms with Crippen LogP contribution in [0.15, 0.2) is 10.9 Å². The first kappa shape index (κ1) is 9.63. The second-order valence-electron chi connectivity index (χ2n) is 2.33. The molecule has 0 unspecified atom stereocenters. The predicted octanol–water partition coefficient (Wildman–Crippen LogP) is 2.23. The van der Waals surface area contributed by atoms with Crippen LogP contribution in [0.2, 0.25) is 0 Å². The van der Waals surface area contributed by atoms with Gasteiger partial charge in [0.15, 0.2) is 5.43 Å². The van der Waals surface area contributed by atoms with Crippen molar-refractivity contribution in [1.29, 1.82) is 0 Å². The molecule has 2 nitrogen and oxygen atoms in total. The molecule has 1 rings (SSSR count). The molecule has 0 atom stereocenters. The van der Waals surface area contributed by atoms with E-state index in [9.17, 15) is 13.6 Å². The molecule has 66 valence electrons. The Labute approximate surface area is 81.1 Å². The van der Waals surface area contributed by atoms with Crippen LogP contribution in [-0.4, -0.2) is 4.98 Å². The zero-order valence-corrected chi connectivity index (χ0v) is 8.35. The van der Waals surface area contributed by atoms with Crippen molar-refractivity contribution in [3.63, 3.8) is 0 Å². The number of hydrogen-bond donors (Lipinski definition) is 1. The summed E-state index contributed by atoms with van der Waals surface area (Å²) in [6.45, 7) is 1.59. The Hall–Kier alpha value is -0.460. The third-order valence-corrected chi connectivity index (χ3v) is 2.74. The molecule has 0 aromatic carbocycles. The SMILES string of the molecule is Cc1[nH]c(C(F)F)cc(=O)c1I. The van der Waals surface area contributed by atoms with Gasteiger partial charge in [-0.3, -0.25) is 4.79 Å². The summed E-state index contributed by atoms with van der Waals surface area (Å²) in [4.78, 5) is 13.5. The fraction of sp³-hybridized carbons (Fsp3) is 0.286. The van der Waals surface area contributed by atoms with Gasteiger partial charge in [-0.1, -0.05) is 0 Å². The largest absolute Gasteiger partial charge is 0.357 e. The number of aryl methyl sites for hydroxylation is 1. The van der Waals surface area contributed by atoms with Gasteiger partial charge in [0, 0.05) is 11.8 Å². The van der Waals surface area contributed by atoms with Gasteiger partial charge in [-0.15, -0.1) is 0 Å². The third-order valence-electron chi connectivity index (χ3n) is 1.40. The molecular weight excluding hydrogens is 279 g/mol. The number of H-pyrrole nitrogens is 1. The van der Waals surface area contributed by atoms with Crippen LogP contribution in [0.1, 0.15) is 17.8 Å². The summed E-state index contributed by atoms with van der Waals surface area (Å²) in [7, 11) is 0. The minimum Gasteiger partial charge on any atom is -0.357 e. The lowest BCUT2D eigenvalue weighted by Gasteiger charge is -2.02. The zero-order valence-electron chi connectivity index (χ0n) is 6.20. The molecule has 0 aliphatic rings. The van der Waals surface area contributed by atoms with E-state index < -0.39 is 6.43 Å². The maximum Gasteiger partial charge on any atom is 0.278 e. The van der Waals surface area contributed by atoms with E-state index in [4.69, 9.17) is 0 Å². The number of aromatic amines is 1. The lowest BCUT2D eigenvalue weighted by molar-refractivity contribution is 0.145. The molecule has 1 N–H and O–H groups in total. The lowest BCUT2D eigenvalue weighted by Crippen LogP contribution is -2.10. The third kappa shape index (κ3) is 1.82. The van der Waals surface area contributed by atoms with Gasteiger partial charge < -0.3 is 4.98 Å². The molecule has 0 bridgehead atoms. The highest BCUT2D eigenvalue weighted by atomic mass is 127. The standard InChI is InChI=1S/C7H6F2INO/c1-3-6(10)5(12)2-4(11-3)7(8)9/h2,7H,1H3,(H,11,12). The molecule has 5 heteroatoms. The van der Waals surface area contributed by atoms with Crippen LogP contribution in [0.4, 0.5) is 8.78 Å². The van der Waals surface area contributed by atoms with Crippen LogP contribution in [0, 0.1) is 10.5 Å². The van der Waals surface area contributed by atoms with Crippen molar-refractivity contribution in [2.24, 2.45) is 0 Å². The number of alkyl halides is 2. The van der Waals surface area contributed by atoms with Gasteiger partial charge >= 0.3 is 0 Å². The predicted molar refractivity (Wildman–Crippen MR) is 49.5 cm³/mol. The first-order chi connectivity index (χ1) is 5.52. The van der Waals surface area contributed by atoms with Gasteiger partial charge in [0.2, 0.25) is 0 Å². The average molecular weight is 285 g/mol. The molecule has 0 aliphatic carbocycles. The smallest absolute Gasteiger partial charge is 0.278 e. The Morgan fingerprint density at radius 3 is 2.58 bits per heavy atom. The molecule has 12 heavy (non-hydrogen) atoms. The molecule has 0 spiro atoms. The fourth-order valence-electron chi connectivity index (χ4n) is 0.814. The molecular formula is C7H6F2INO. The van der Waals surface area contributed by atoms with Gasteiger partial charge in [0.05, 0.1) is 9.26 Å². The van der Waals surface area contributed by atoms with Crippen molar-refractivity contribution < 1.29 is 8.78 Å². The highest BCUT2D eigenvalue weighted by molar-refractivity contribution is 14.1.